The molecule has 24 heavy (non-hydrogen) atoms. The highest BCUT2D eigenvalue weighted by molar-refractivity contribution is 5.95. The molecule has 0 saturated carbocycles. The van der Waals surface area contributed by atoms with E-state index in [9.17, 15) is 4.79 Å². The molecule has 2 unspecified atom stereocenters. The van der Waals surface area contributed by atoms with Crippen molar-refractivity contribution in [1.29, 1.82) is 0 Å². The number of benzene rings is 1. The van der Waals surface area contributed by atoms with Crippen LogP contribution in [-0.4, -0.2) is 42.6 Å². The molecule has 5 heteroatoms. The Balaban J connectivity index is 0.00000208. The van der Waals surface area contributed by atoms with Crippen LogP contribution < -0.4 is 10.1 Å². The van der Waals surface area contributed by atoms with Gasteiger partial charge in [0.2, 0.25) is 0 Å². The number of ether oxygens (including phenoxy) is 1. The van der Waals surface area contributed by atoms with Crippen LogP contribution >= 0.6 is 12.4 Å². The summed E-state index contributed by atoms with van der Waals surface area (Å²) in [5, 5.41) is 3.44. The molecule has 1 aromatic carbocycles. The van der Waals surface area contributed by atoms with Gasteiger partial charge in [-0.05, 0) is 56.5 Å². The third kappa shape index (κ3) is 4.42. The summed E-state index contributed by atoms with van der Waals surface area (Å²) in [7, 11) is 0. The Labute approximate surface area is 151 Å². The Morgan fingerprint density at radius 1 is 1.17 bits per heavy atom. The monoisotopic (exact) mass is 352 g/mol. The molecule has 2 heterocycles. The van der Waals surface area contributed by atoms with E-state index >= 15 is 0 Å². The second-order valence-corrected chi connectivity index (χ2v) is 6.67. The number of nitrogens with zero attached hydrogens (tertiary/aromatic N) is 1. The lowest BCUT2D eigenvalue weighted by atomic mass is 10.1. The maximum Gasteiger partial charge on any atom is 0.254 e. The van der Waals surface area contributed by atoms with E-state index in [4.69, 9.17) is 4.74 Å². The van der Waals surface area contributed by atoms with Crippen LogP contribution in [0.15, 0.2) is 24.3 Å². The van der Waals surface area contributed by atoms with Crippen LogP contribution in [0.3, 0.4) is 0 Å². The number of fused-ring (bicyclic) bond motifs is 2. The van der Waals surface area contributed by atoms with E-state index in [2.05, 4.69) is 17.1 Å². The number of carbonyl (C=O) groups is 1. The van der Waals surface area contributed by atoms with Crippen LogP contribution in [0.25, 0.3) is 0 Å². The van der Waals surface area contributed by atoms with Gasteiger partial charge in [0.25, 0.3) is 5.91 Å². The van der Waals surface area contributed by atoms with Crippen LogP contribution in [0.5, 0.6) is 5.75 Å². The fourth-order valence-electron chi connectivity index (χ4n) is 3.70. The average molecular weight is 353 g/mol. The fraction of sp³-hybridized carbons (Fsp3) is 0.632. The van der Waals surface area contributed by atoms with Crippen molar-refractivity contribution in [2.45, 2.75) is 57.5 Å². The minimum atomic E-state index is 0. The number of amides is 1. The number of hydrogen-bond donors (Lipinski definition) is 1. The molecule has 3 rings (SSSR count). The van der Waals surface area contributed by atoms with Crippen LogP contribution in [0.4, 0.5) is 0 Å². The smallest absolute Gasteiger partial charge is 0.254 e. The minimum Gasteiger partial charge on any atom is -0.494 e. The first-order valence-corrected chi connectivity index (χ1v) is 9.06. The van der Waals surface area contributed by atoms with Gasteiger partial charge in [-0.2, -0.15) is 0 Å². The Morgan fingerprint density at radius 2 is 1.92 bits per heavy atom. The summed E-state index contributed by atoms with van der Waals surface area (Å²) in [4.78, 5) is 15.0. The van der Waals surface area contributed by atoms with E-state index < -0.39 is 0 Å². The molecule has 134 valence electrons. The van der Waals surface area contributed by atoms with Crippen molar-refractivity contribution in [2.24, 2.45) is 0 Å². The Morgan fingerprint density at radius 3 is 2.67 bits per heavy atom. The summed E-state index contributed by atoms with van der Waals surface area (Å²) in [6, 6.07) is 8.45. The van der Waals surface area contributed by atoms with Crippen LogP contribution in [0, 0.1) is 0 Å². The van der Waals surface area contributed by atoms with Gasteiger partial charge in [-0.1, -0.05) is 19.8 Å². The van der Waals surface area contributed by atoms with Crippen molar-refractivity contribution in [1.82, 2.24) is 10.2 Å². The van der Waals surface area contributed by atoms with E-state index in [1.807, 2.05) is 24.3 Å². The molecule has 2 aliphatic rings. The first kappa shape index (κ1) is 19.1. The molecule has 4 nitrogen and oxygen atoms in total. The molecule has 0 aliphatic carbocycles. The predicted octanol–water partition coefficient (Wildman–Crippen LogP) is 3.64. The summed E-state index contributed by atoms with van der Waals surface area (Å²) >= 11 is 0. The number of rotatable bonds is 6. The van der Waals surface area contributed by atoms with Crippen LogP contribution in [-0.2, 0) is 0 Å². The van der Waals surface area contributed by atoms with E-state index in [1.165, 1.54) is 12.8 Å². The molecule has 2 bridgehead atoms. The zero-order chi connectivity index (χ0) is 16.1. The maximum absolute atomic E-state index is 12.9. The van der Waals surface area contributed by atoms with E-state index in [0.29, 0.717) is 12.1 Å². The Kier molecular flexibility index (Phi) is 7.38. The van der Waals surface area contributed by atoms with Crippen molar-refractivity contribution in [3.05, 3.63) is 29.8 Å². The number of carbonyl (C=O) groups excluding carboxylic acids is 1. The standard InChI is InChI=1S/C19H28N2O2.ClH/c1-2-3-4-13-23-18-9-5-15(6-10-18)19(22)21-16-7-8-17(21)14-20-12-11-16;/h5-6,9-10,16-17,20H,2-4,7-8,11-14H2,1H3;1H. The normalized spacial score (nSPS) is 22.6. The second kappa shape index (κ2) is 9.28. The lowest BCUT2D eigenvalue weighted by molar-refractivity contribution is 0.0680. The summed E-state index contributed by atoms with van der Waals surface area (Å²) < 4.78 is 5.73. The summed E-state index contributed by atoms with van der Waals surface area (Å²) in [5.74, 6) is 1.04. The maximum atomic E-state index is 12.9. The van der Waals surface area contributed by atoms with Crippen molar-refractivity contribution >= 4 is 18.3 Å². The highest BCUT2D eigenvalue weighted by Gasteiger charge is 2.38. The zero-order valence-electron chi connectivity index (χ0n) is 14.5. The number of halogens is 1. The zero-order valence-corrected chi connectivity index (χ0v) is 15.3. The van der Waals surface area contributed by atoms with E-state index in [1.54, 1.807) is 0 Å². The molecular weight excluding hydrogens is 324 g/mol. The lowest BCUT2D eigenvalue weighted by Gasteiger charge is -2.28. The summed E-state index contributed by atoms with van der Waals surface area (Å²) in [5.41, 5.74) is 0.782. The second-order valence-electron chi connectivity index (χ2n) is 6.67. The van der Waals surface area contributed by atoms with Crippen molar-refractivity contribution in [3.8, 4) is 5.75 Å². The molecule has 0 spiro atoms. The first-order valence-electron chi connectivity index (χ1n) is 9.06. The van der Waals surface area contributed by atoms with Gasteiger partial charge in [-0.3, -0.25) is 4.79 Å². The molecule has 2 saturated heterocycles. The number of unbranched alkanes of at least 4 members (excludes halogenated alkanes) is 2. The van der Waals surface area contributed by atoms with Gasteiger partial charge in [-0.15, -0.1) is 12.4 Å². The number of nitrogens with one attached hydrogen (secondary N) is 1. The van der Waals surface area contributed by atoms with Gasteiger partial charge in [0.15, 0.2) is 0 Å². The van der Waals surface area contributed by atoms with Crippen molar-refractivity contribution < 1.29 is 9.53 Å². The Bertz CT molecular complexity index is 507. The molecule has 2 fully saturated rings. The minimum absolute atomic E-state index is 0. The molecule has 2 aliphatic heterocycles. The lowest BCUT2D eigenvalue weighted by Crippen LogP contribution is -2.42. The fourth-order valence-corrected chi connectivity index (χ4v) is 3.70. The molecule has 1 N–H and O–H groups in total. The van der Waals surface area contributed by atoms with Gasteiger partial charge in [0, 0.05) is 24.2 Å². The van der Waals surface area contributed by atoms with Gasteiger partial charge in [-0.25, -0.2) is 0 Å². The van der Waals surface area contributed by atoms with Crippen LogP contribution in [0.1, 0.15) is 55.8 Å². The SMILES string of the molecule is CCCCCOc1ccc(C(=O)N2C3CCNCC2CC3)cc1.Cl. The summed E-state index contributed by atoms with van der Waals surface area (Å²) in [6.45, 7) is 4.89. The average Bonchev–Trinajstić information content (AvgIpc) is 2.84. The van der Waals surface area contributed by atoms with Gasteiger partial charge in [0.1, 0.15) is 5.75 Å². The molecule has 0 aromatic heterocycles. The third-order valence-corrected chi connectivity index (χ3v) is 5.01. The van der Waals surface area contributed by atoms with Gasteiger partial charge < -0.3 is 15.0 Å². The highest BCUT2D eigenvalue weighted by atomic mass is 35.5. The largest absolute Gasteiger partial charge is 0.494 e. The van der Waals surface area contributed by atoms with E-state index in [-0.39, 0.29) is 18.3 Å². The van der Waals surface area contributed by atoms with Gasteiger partial charge in [0.05, 0.1) is 6.61 Å². The Hall–Kier alpha value is -1.26. The first-order chi connectivity index (χ1) is 11.3. The quantitative estimate of drug-likeness (QED) is 0.795. The molecule has 1 aromatic rings. The highest BCUT2D eigenvalue weighted by Crippen LogP contribution is 2.29. The van der Waals surface area contributed by atoms with Crippen LogP contribution in [0.2, 0.25) is 0 Å². The molecule has 2 atom stereocenters. The van der Waals surface area contributed by atoms with Gasteiger partial charge >= 0.3 is 0 Å². The molecular formula is C19H29ClN2O2. The summed E-state index contributed by atoms with van der Waals surface area (Å²) in [6.07, 6.45) is 6.83. The number of hydrogen-bond acceptors (Lipinski definition) is 3. The van der Waals surface area contributed by atoms with Crippen molar-refractivity contribution in [3.63, 3.8) is 0 Å². The third-order valence-electron chi connectivity index (χ3n) is 5.01. The molecule has 1 amide bonds. The topological polar surface area (TPSA) is 41.6 Å². The predicted molar refractivity (Wildman–Crippen MR) is 99.2 cm³/mol. The van der Waals surface area contributed by atoms with E-state index in [0.717, 1.165) is 56.7 Å². The van der Waals surface area contributed by atoms with Crippen molar-refractivity contribution in [2.75, 3.05) is 19.7 Å². The molecule has 0 radical (unpaired) electrons.